The minimum Gasteiger partial charge on any atom is -0.497 e. The summed E-state index contributed by atoms with van der Waals surface area (Å²) >= 11 is 0. The van der Waals surface area contributed by atoms with E-state index in [0.717, 1.165) is 16.9 Å². The maximum absolute atomic E-state index is 11.0. The molecule has 0 fully saturated rings. The molecule has 0 saturated heterocycles. The van der Waals surface area contributed by atoms with Crippen molar-refractivity contribution in [2.75, 3.05) is 7.11 Å². The van der Waals surface area contributed by atoms with Crippen molar-refractivity contribution in [3.05, 3.63) is 53.9 Å². The second-order valence-electron chi connectivity index (χ2n) is 4.49. The van der Waals surface area contributed by atoms with Crippen LogP contribution in [-0.2, 0) is 11.2 Å². The van der Waals surface area contributed by atoms with Crippen LogP contribution >= 0.6 is 0 Å². The van der Waals surface area contributed by atoms with Gasteiger partial charge in [0.05, 0.1) is 13.5 Å². The van der Waals surface area contributed by atoms with Gasteiger partial charge in [-0.05, 0) is 41.7 Å². The van der Waals surface area contributed by atoms with E-state index in [4.69, 9.17) is 9.84 Å². The van der Waals surface area contributed by atoms with Gasteiger partial charge in [-0.15, -0.1) is 0 Å². The Labute approximate surface area is 112 Å². The van der Waals surface area contributed by atoms with Crippen LogP contribution in [0.25, 0.3) is 0 Å². The fraction of sp³-hybridized carbons (Fsp3) is 0.267. The average molecular weight is 259 g/mol. The number of methoxy groups -OCH3 is 1. The Balaban J connectivity index is 2.12. The van der Waals surface area contributed by atoms with Crippen LogP contribution < -0.4 is 4.74 Å². The topological polar surface area (TPSA) is 62.3 Å². The van der Waals surface area contributed by atoms with E-state index in [2.05, 4.69) is 4.98 Å². The van der Waals surface area contributed by atoms with Crippen LogP contribution in [0.2, 0.25) is 0 Å². The lowest BCUT2D eigenvalue weighted by atomic mass is 9.91. The Hall–Kier alpha value is -2.23. The van der Waals surface area contributed by atoms with Gasteiger partial charge in [0.2, 0.25) is 0 Å². The molecular formula is C15H17NO3. The number of carboxylic acids is 1. The molecule has 100 valence electrons. The molecule has 0 radical (unpaired) electrons. The lowest BCUT2D eigenvalue weighted by Gasteiger charge is -2.13. The lowest BCUT2D eigenvalue weighted by molar-refractivity contribution is -0.137. The second-order valence-corrected chi connectivity index (χ2v) is 4.49. The highest BCUT2D eigenvalue weighted by atomic mass is 16.5. The SMILES string of the molecule is COc1ccc(CC(CC(=O)O)c2cc[nH]c2)cc1. The third-order valence-corrected chi connectivity index (χ3v) is 3.16. The molecule has 1 unspecified atom stereocenters. The summed E-state index contributed by atoms with van der Waals surface area (Å²) in [5.74, 6) is 0.0111. The van der Waals surface area contributed by atoms with Crippen molar-refractivity contribution in [2.24, 2.45) is 0 Å². The number of aromatic amines is 1. The summed E-state index contributed by atoms with van der Waals surface area (Å²) in [5, 5.41) is 9.01. The number of carbonyl (C=O) groups is 1. The number of hydrogen-bond acceptors (Lipinski definition) is 2. The maximum Gasteiger partial charge on any atom is 0.303 e. The number of nitrogens with one attached hydrogen (secondary N) is 1. The fourth-order valence-electron chi connectivity index (χ4n) is 2.16. The molecule has 0 amide bonds. The van der Waals surface area contributed by atoms with Gasteiger partial charge in [-0.1, -0.05) is 12.1 Å². The zero-order valence-electron chi connectivity index (χ0n) is 10.8. The minimum atomic E-state index is -0.778. The number of aliphatic carboxylic acids is 1. The Morgan fingerprint density at radius 3 is 2.58 bits per heavy atom. The van der Waals surface area contributed by atoms with E-state index >= 15 is 0 Å². The molecule has 0 aliphatic carbocycles. The van der Waals surface area contributed by atoms with E-state index in [-0.39, 0.29) is 12.3 Å². The first-order valence-corrected chi connectivity index (χ1v) is 6.16. The van der Waals surface area contributed by atoms with Gasteiger partial charge in [-0.3, -0.25) is 4.79 Å². The van der Waals surface area contributed by atoms with Crippen molar-refractivity contribution < 1.29 is 14.6 Å². The lowest BCUT2D eigenvalue weighted by Crippen LogP contribution is -2.08. The van der Waals surface area contributed by atoms with Crippen molar-refractivity contribution in [1.29, 1.82) is 0 Å². The first-order valence-electron chi connectivity index (χ1n) is 6.16. The quantitative estimate of drug-likeness (QED) is 0.838. The third kappa shape index (κ3) is 3.61. The van der Waals surface area contributed by atoms with E-state index < -0.39 is 5.97 Å². The summed E-state index contributed by atoms with van der Waals surface area (Å²) in [5.41, 5.74) is 2.13. The van der Waals surface area contributed by atoms with E-state index in [1.165, 1.54) is 0 Å². The van der Waals surface area contributed by atoms with Crippen molar-refractivity contribution in [1.82, 2.24) is 4.98 Å². The van der Waals surface area contributed by atoms with Crippen LogP contribution in [0.15, 0.2) is 42.7 Å². The van der Waals surface area contributed by atoms with Gasteiger partial charge < -0.3 is 14.8 Å². The van der Waals surface area contributed by atoms with Gasteiger partial charge in [0.25, 0.3) is 0 Å². The third-order valence-electron chi connectivity index (χ3n) is 3.16. The smallest absolute Gasteiger partial charge is 0.303 e. The fourth-order valence-corrected chi connectivity index (χ4v) is 2.16. The highest BCUT2D eigenvalue weighted by molar-refractivity contribution is 5.68. The highest BCUT2D eigenvalue weighted by Crippen LogP contribution is 2.25. The van der Waals surface area contributed by atoms with E-state index in [1.54, 1.807) is 7.11 Å². The number of aromatic nitrogens is 1. The number of benzene rings is 1. The van der Waals surface area contributed by atoms with Crippen LogP contribution in [0.1, 0.15) is 23.5 Å². The second kappa shape index (κ2) is 6.09. The molecule has 2 rings (SSSR count). The molecule has 1 heterocycles. The summed E-state index contributed by atoms with van der Waals surface area (Å²) in [6.45, 7) is 0. The van der Waals surface area contributed by atoms with Gasteiger partial charge in [0, 0.05) is 12.4 Å². The molecular weight excluding hydrogens is 242 g/mol. The van der Waals surface area contributed by atoms with Crippen molar-refractivity contribution in [3.8, 4) is 5.75 Å². The zero-order chi connectivity index (χ0) is 13.7. The largest absolute Gasteiger partial charge is 0.497 e. The molecule has 2 N–H and O–H groups in total. The van der Waals surface area contributed by atoms with Crippen LogP contribution in [0.4, 0.5) is 0 Å². The monoisotopic (exact) mass is 259 g/mol. The van der Waals surface area contributed by atoms with Gasteiger partial charge in [0.15, 0.2) is 0 Å². The van der Waals surface area contributed by atoms with E-state index in [9.17, 15) is 4.79 Å². The zero-order valence-corrected chi connectivity index (χ0v) is 10.8. The van der Waals surface area contributed by atoms with Crippen LogP contribution in [0.3, 0.4) is 0 Å². The molecule has 4 heteroatoms. The molecule has 1 aromatic carbocycles. The molecule has 0 aliphatic heterocycles. The number of rotatable bonds is 6. The Morgan fingerprint density at radius 1 is 1.32 bits per heavy atom. The number of H-pyrrole nitrogens is 1. The normalized spacial score (nSPS) is 12.1. The predicted molar refractivity (Wildman–Crippen MR) is 72.5 cm³/mol. The van der Waals surface area contributed by atoms with Crippen molar-refractivity contribution in [2.45, 2.75) is 18.8 Å². The first kappa shape index (κ1) is 13.2. The summed E-state index contributed by atoms with van der Waals surface area (Å²) in [6.07, 6.45) is 4.51. The van der Waals surface area contributed by atoms with Gasteiger partial charge >= 0.3 is 5.97 Å². The summed E-state index contributed by atoms with van der Waals surface area (Å²) < 4.78 is 5.11. The molecule has 4 nitrogen and oxygen atoms in total. The average Bonchev–Trinajstić information content (AvgIpc) is 2.92. The van der Waals surface area contributed by atoms with Crippen LogP contribution in [-0.4, -0.2) is 23.2 Å². The molecule has 2 aromatic rings. The molecule has 0 saturated carbocycles. The molecule has 0 bridgehead atoms. The van der Waals surface area contributed by atoms with Crippen LogP contribution in [0.5, 0.6) is 5.75 Å². The number of hydrogen-bond donors (Lipinski definition) is 2. The Bertz CT molecular complexity index is 517. The first-order chi connectivity index (χ1) is 9.19. The summed E-state index contributed by atoms with van der Waals surface area (Å²) in [6, 6.07) is 9.66. The van der Waals surface area contributed by atoms with Gasteiger partial charge in [0.1, 0.15) is 5.75 Å². The van der Waals surface area contributed by atoms with E-state index in [1.807, 2.05) is 42.7 Å². The minimum absolute atomic E-state index is 0.0165. The van der Waals surface area contributed by atoms with Crippen molar-refractivity contribution in [3.63, 3.8) is 0 Å². The predicted octanol–water partition coefficient (Wildman–Crippen LogP) is 2.82. The standard InChI is InChI=1S/C15H17NO3/c1-19-14-4-2-11(3-5-14)8-13(9-15(17)18)12-6-7-16-10-12/h2-7,10,13,16H,8-9H2,1H3,(H,17,18). The molecule has 1 atom stereocenters. The summed E-state index contributed by atoms with van der Waals surface area (Å²) in [4.78, 5) is 13.9. The van der Waals surface area contributed by atoms with Crippen molar-refractivity contribution >= 4 is 5.97 Å². The summed E-state index contributed by atoms with van der Waals surface area (Å²) in [7, 11) is 1.63. The highest BCUT2D eigenvalue weighted by Gasteiger charge is 2.16. The molecule has 1 aromatic heterocycles. The van der Waals surface area contributed by atoms with E-state index in [0.29, 0.717) is 6.42 Å². The van der Waals surface area contributed by atoms with Gasteiger partial charge in [-0.25, -0.2) is 0 Å². The Morgan fingerprint density at radius 2 is 2.05 bits per heavy atom. The maximum atomic E-state index is 11.0. The molecule has 19 heavy (non-hydrogen) atoms. The number of carboxylic acid groups (broad SMARTS) is 1. The number of ether oxygens (including phenoxy) is 1. The molecule has 0 aliphatic rings. The molecule has 0 spiro atoms. The van der Waals surface area contributed by atoms with Crippen LogP contribution in [0, 0.1) is 0 Å². The van der Waals surface area contributed by atoms with Gasteiger partial charge in [-0.2, -0.15) is 0 Å². The Kier molecular flexibility index (Phi) is 4.23.